The summed E-state index contributed by atoms with van der Waals surface area (Å²) >= 11 is 0. The van der Waals surface area contributed by atoms with Gasteiger partial charge in [-0.3, -0.25) is 0 Å². The predicted molar refractivity (Wildman–Crippen MR) is 83.0 cm³/mol. The van der Waals surface area contributed by atoms with Crippen molar-refractivity contribution in [2.24, 2.45) is 11.3 Å². The van der Waals surface area contributed by atoms with Crippen molar-refractivity contribution in [1.29, 1.82) is 0 Å². The van der Waals surface area contributed by atoms with E-state index in [0.717, 1.165) is 13.2 Å². The Labute approximate surface area is 124 Å². The molecular formula is C17H33NO2. The molecule has 2 saturated carbocycles. The van der Waals surface area contributed by atoms with Gasteiger partial charge in [-0.05, 0) is 32.1 Å². The molecule has 2 rings (SSSR count). The summed E-state index contributed by atoms with van der Waals surface area (Å²) in [7, 11) is 1.80. The fourth-order valence-corrected chi connectivity index (χ4v) is 4.17. The van der Waals surface area contributed by atoms with E-state index in [0.29, 0.717) is 29.5 Å². The zero-order valence-electron chi connectivity index (χ0n) is 13.8. The van der Waals surface area contributed by atoms with Crippen molar-refractivity contribution in [3.63, 3.8) is 0 Å². The molecule has 3 heteroatoms. The maximum Gasteiger partial charge on any atom is 0.0661 e. The minimum absolute atomic E-state index is 0.412. The van der Waals surface area contributed by atoms with Crippen molar-refractivity contribution in [2.45, 2.75) is 77.5 Å². The molecule has 3 atom stereocenters. The number of rotatable bonds is 7. The molecule has 3 nitrogen and oxygen atoms in total. The highest BCUT2D eigenvalue weighted by atomic mass is 16.5. The fourth-order valence-electron chi connectivity index (χ4n) is 4.17. The molecule has 0 aromatic carbocycles. The first kappa shape index (κ1) is 16.3. The van der Waals surface area contributed by atoms with E-state index >= 15 is 0 Å². The van der Waals surface area contributed by atoms with E-state index in [1.54, 1.807) is 7.11 Å². The minimum atomic E-state index is 0.412. The van der Waals surface area contributed by atoms with Crippen molar-refractivity contribution < 1.29 is 9.47 Å². The topological polar surface area (TPSA) is 30.5 Å². The highest BCUT2D eigenvalue weighted by Gasteiger charge is 2.55. The second-order valence-corrected chi connectivity index (χ2v) is 7.00. The number of hydrogen-bond donors (Lipinski definition) is 1. The van der Waals surface area contributed by atoms with E-state index < -0.39 is 0 Å². The molecule has 0 saturated heterocycles. The zero-order valence-corrected chi connectivity index (χ0v) is 13.8. The van der Waals surface area contributed by atoms with E-state index in [4.69, 9.17) is 9.47 Å². The first-order valence-corrected chi connectivity index (χ1v) is 8.50. The summed E-state index contributed by atoms with van der Waals surface area (Å²) in [6.45, 7) is 8.35. The third kappa shape index (κ3) is 3.20. The van der Waals surface area contributed by atoms with Crippen LogP contribution >= 0.6 is 0 Å². The SMILES string of the molecule is CCOC1CC(NC(COC)C(C)C)C12CCCCC2. The van der Waals surface area contributed by atoms with Crippen molar-refractivity contribution in [2.75, 3.05) is 20.3 Å². The molecule has 0 aromatic heterocycles. The van der Waals surface area contributed by atoms with Crippen LogP contribution in [0.5, 0.6) is 0 Å². The summed E-state index contributed by atoms with van der Waals surface area (Å²) < 4.78 is 11.4. The number of nitrogens with one attached hydrogen (secondary N) is 1. The van der Waals surface area contributed by atoms with Gasteiger partial charge in [-0.1, -0.05) is 33.1 Å². The van der Waals surface area contributed by atoms with Gasteiger partial charge in [0.1, 0.15) is 0 Å². The van der Waals surface area contributed by atoms with Crippen LogP contribution in [0.2, 0.25) is 0 Å². The molecule has 1 N–H and O–H groups in total. The Morgan fingerprint density at radius 3 is 2.45 bits per heavy atom. The second-order valence-electron chi connectivity index (χ2n) is 7.00. The lowest BCUT2D eigenvalue weighted by atomic mass is 9.55. The average Bonchev–Trinajstić information content (AvgIpc) is 2.45. The molecule has 0 aromatic rings. The number of methoxy groups -OCH3 is 1. The van der Waals surface area contributed by atoms with Gasteiger partial charge in [0.05, 0.1) is 12.7 Å². The van der Waals surface area contributed by atoms with E-state index in [-0.39, 0.29) is 0 Å². The molecule has 0 amide bonds. The van der Waals surface area contributed by atoms with Crippen LogP contribution in [0.15, 0.2) is 0 Å². The highest BCUT2D eigenvalue weighted by molar-refractivity contribution is 5.09. The first-order chi connectivity index (χ1) is 9.64. The molecule has 0 bridgehead atoms. The molecule has 1 spiro atoms. The van der Waals surface area contributed by atoms with E-state index in [2.05, 4.69) is 26.1 Å². The van der Waals surface area contributed by atoms with Gasteiger partial charge in [-0.25, -0.2) is 0 Å². The lowest BCUT2D eigenvalue weighted by molar-refractivity contribution is -0.154. The van der Waals surface area contributed by atoms with Crippen molar-refractivity contribution >= 4 is 0 Å². The average molecular weight is 283 g/mol. The van der Waals surface area contributed by atoms with Gasteiger partial charge < -0.3 is 14.8 Å². The van der Waals surface area contributed by atoms with Crippen LogP contribution in [-0.2, 0) is 9.47 Å². The smallest absolute Gasteiger partial charge is 0.0661 e. The molecule has 2 fully saturated rings. The Balaban J connectivity index is 1.99. The molecule has 0 radical (unpaired) electrons. The Morgan fingerprint density at radius 2 is 1.90 bits per heavy atom. The van der Waals surface area contributed by atoms with Crippen molar-refractivity contribution in [1.82, 2.24) is 5.32 Å². The van der Waals surface area contributed by atoms with Gasteiger partial charge in [0.25, 0.3) is 0 Å². The van der Waals surface area contributed by atoms with E-state index in [1.807, 2.05) is 0 Å². The van der Waals surface area contributed by atoms with Crippen LogP contribution in [0, 0.1) is 11.3 Å². The van der Waals surface area contributed by atoms with Gasteiger partial charge in [-0.15, -0.1) is 0 Å². The largest absolute Gasteiger partial charge is 0.383 e. The molecule has 3 unspecified atom stereocenters. The van der Waals surface area contributed by atoms with Crippen molar-refractivity contribution in [3.05, 3.63) is 0 Å². The molecule has 20 heavy (non-hydrogen) atoms. The van der Waals surface area contributed by atoms with Crippen LogP contribution in [-0.4, -0.2) is 38.5 Å². The third-order valence-corrected chi connectivity index (χ3v) is 5.50. The summed E-state index contributed by atoms with van der Waals surface area (Å²) in [6, 6.07) is 1.09. The van der Waals surface area contributed by atoms with Crippen LogP contribution in [0.3, 0.4) is 0 Å². The van der Waals surface area contributed by atoms with Crippen LogP contribution < -0.4 is 5.32 Å². The van der Waals surface area contributed by atoms with Gasteiger partial charge in [0.2, 0.25) is 0 Å². The number of ether oxygens (including phenoxy) is 2. The molecule has 118 valence electrons. The maximum absolute atomic E-state index is 6.03. The predicted octanol–water partition coefficient (Wildman–Crippen LogP) is 3.37. The standard InChI is InChI=1S/C17H33NO2/c1-5-20-16-11-15(17(16)9-7-6-8-10-17)18-14(12-19-4)13(2)3/h13-16,18H,5-12H2,1-4H3. The summed E-state index contributed by atoms with van der Waals surface area (Å²) in [5, 5.41) is 3.90. The number of hydrogen-bond acceptors (Lipinski definition) is 3. The Hall–Kier alpha value is -0.120. The quantitative estimate of drug-likeness (QED) is 0.777. The lowest BCUT2D eigenvalue weighted by Crippen LogP contribution is -2.66. The maximum atomic E-state index is 6.03. The van der Waals surface area contributed by atoms with Gasteiger partial charge >= 0.3 is 0 Å². The van der Waals surface area contributed by atoms with Gasteiger partial charge in [0, 0.05) is 31.2 Å². The van der Waals surface area contributed by atoms with Crippen LogP contribution in [0.25, 0.3) is 0 Å². The highest BCUT2D eigenvalue weighted by Crippen LogP contribution is 2.53. The third-order valence-electron chi connectivity index (χ3n) is 5.50. The normalized spacial score (nSPS) is 30.4. The Morgan fingerprint density at radius 1 is 1.20 bits per heavy atom. The molecule has 0 aliphatic heterocycles. The fraction of sp³-hybridized carbons (Fsp3) is 1.00. The van der Waals surface area contributed by atoms with Crippen LogP contribution in [0.4, 0.5) is 0 Å². The van der Waals surface area contributed by atoms with Crippen LogP contribution in [0.1, 0.15) is 59.3 Å². The summed E-state index contributed by atoms with van der Waals surface area (Å²) in [5.74, 6) is 0.613. The molecular weight excluding hydrogens is 250 g/mol. The summed E-state index contributed by atoms with van der Waals surface area (Å²) in [4.78, 5) is 0. The zero-order chi connectivity index (χ0) is 14.6. The monoisotopic (exact) mass is 283 g/mol. The lowest BCUT2D eigenvalue weighted by Gasteiger charge is -2.58. The van der Waals surface area contributed by atoms with Crippen molar-refractivity contribution in [3.8, 4) is 0 Å². The Bertz CT molecular complexity index is 287. The first-order valence-electron chi connectivity index (χ1n) is 8.50. The van der Waals surface area contributed by atoms with E-state index in [1.165, 1.54) is 38.5 Å². The molecule has 2 aliphatic rings. The molecule has 0 heterocycles. The summed E-state index contributed by atoms with van der Waals surface area (Å²) in [5.41, 5.74) is 0.412. The second kappa shape index (κ2) is 7.24. The molecule has 2 aliphatic carbocycles. The van der Waals surface area contributed by atoms with Gasteiger partial charge in [0.15, 0.2) is 0 Å². The van der Waals surface area contributed by atoms with E-state index in [9.17, 15) is 0 Å². The van der Waals surface area contributed by atoms with Gasteiger partial charge in [-0.2, -0.15) is 0 Å². The minimum Gasteiger partial charge on any atom is -0.383 e. The Kier molecular flexibility index (Phi) is 5.88. The summed E-state index contributed by atoms with van der Waals surface area (Å²) in [6.07, 6.45) is 8.50.